The molecule has 1 aliphatic carbocycles. The summed E-state index contributed by atoms with van der Waals surface area (Å²) < 4.78 is 5.49. The molecule has 1 aromatic rings. The molecule has 1 aliphatic rings. The Bertz CT molecular complexity index is 389. The average molecular weight is 249 g/mol. The molecule has 18 heavy (non-hydrogen) atoms. The van der Waals surface area contributed by atoms with Gasteiger partial charge in [-0.1, -0.05) is 30.3 Å². The Balaban J connectivity index is 2.03. The molecule has 1 amide bonds. The fourth-order valence-corrected chi connectivity index (χ4v) is 2.32. The Morgan fingerprint density at radius 2 is 2.11 bits per heavy atom. The lowest BCUT2D eigenvalue weighted by Crippen LogP contribution is -2.46. The molecule has 0 spiro atoms. The summed E-state index contributed by atoms with van der Waals surface area (Å²) in [6, 6.07) is 9.91. The molecule has 98 valence electrons. The molecule has 1 fully saturated rings. The third kappa shape index (κ3) is 3.47. The summed E-state index contributed by atoms with van der Waals surface area (Å²) in [7, 11) is 1.65. The number of rotatable bonds is 6. The minimum absolute atomic E-state index is 0.101. The van der Waals surface area contributed by atoms with E-state index in [9.17, 15) is 4.79 Å². The van der Waals surface area contributed by atoms with Crippen LogP contribution in [0.25, 0.3) is 0 Å². The molecular weight excluding hydrogens is 230 g/mol. The fourth-order valence-electron chi connectivity index (χ4n) is 2.32. The van der Waals surface area contributed by atoms with E-state index in [1.807, 2.05) is 30.3 Å². The fraction of sp³-hybridized carbons (Fsp3) is 0.500. The van der Waals surface area contributed by atoms with Crippen molar-refractivity contribution < 1.29 is 14.6 Å². The summed E-state index contributed by atoms with van der Waals surface area (Å²) in [6.07, 6.45) is 1.83. The standard InChI is InChI=1S/C14H19NO3/c1-18-12(9-10-5-3-2-4-6-10)13(11-7-8-11)15-14(16)17/h2-6,11-13,15H,7-9H2,1H3,(H,16,17)/t12-,13?/m1/s1. The van der Waals surface area contributed by atoms with Gasteiger partial charge in [-0.3, -0.25) is 0 Å². The number of benzene rings is 1. The lowest BCUT2D eigenvalue weighted by Gasteiger charge is -2.26. The number of carboxylic acid groups (broad SMARTS) is 1. The van der Waals surface area contributed by atoms with Crippen molar-refractivity contribution >= 4 is 6.09 Å². The molecule has 2 N–H and O–H groups in total. The van der Waals surface area contributed by atoms with E-state index in [0.29, 0.717) is 5.92 Å². The highest BCUT2D eigenvalue weighted by Crippen LogP contribution is 2.35. The highest BCUT2D eigenvalue weighted by atomic mass is 16.5. The third-order valence-corrected chi connectivity index (χ3v) is 3.40. The Morgan fingerprint density at radius 3 is 2.61 bits per heavy atom. The summed E-state index contributed by atoms with van der Waals surface area (Å²) in [5.41, 5.74) is 1.17. The van der Waals surface area contributed by atoms with E-state index in [1.54, 1.807) is 7.11 Å². The molecule has 4 nitrogen and oxygen atoms in total. The molecule has 2 atom stereocenters. The van der Waals surface area contributed by atoms with Crippen LogP contribution in [0.5, 0.6) is 0 Å². The molecule has 0 bridgehead atoms. The number of methoxy groups -OCH3 is 1. The van der Waals surface area contributed by atoms with Gasteiger partial charge in [0.25, 0.3) is 0 Å². The second-order valence-corrected chi connectivity index (χ2v) is 4.78. The maximum absolute atomic E-state index is 10.8. The largest absolute Gasteiger partial charge is 0.465 e. The van der Waals surface area contributed by atoms with Crippen LogP contribution in [0.15, 0.2) is 30.3 Å². The Hall–Kier alpha value is -1.55. The van der Waals surface area contributed by atoms with Gasteiger partial charge in [-0.05, 0) is 24.3 Å². The van der Waals surface area contributed by atoms with E-state index in [-0.39, 0.29) is 12.1 Å². The molecule has 1 aromatic carbocycles. The molecule has 0 aliphatic heterocycles. The average Bonchev–Trinajstić information content (AvgIpc) is 3.18. The van der Waals surface area contributed by atoms with E-state index in [1.165, 1.54) is 5.56 Å². The minimum atomic E-state index is -0.970. The zero-order valence-corrected chi connectivity index (χ0v) is 10.5. The van der Waals surface area contributed by atoms with Gasteiger partial charge in [-0.2, -0.15) is 0 Å². The number of carbonyl (C=O) groups is 1. The lowest BCUT2D eigenvalue weighted by atomic mass is 9.98. The zero-order chi connectivity index (χ0) is 13.0. The van der Waals surface area contributed by atoms with Crippen LogP contribution in [-0.2, 0) is 11.2 Å². The minimum Gasteiger partial charge on any atom is -0.465 e. The molecular formula is C14H19NO3. The van der Waals surface area contributed by atoms with E-state index < -0.39 is 6.09 Å². The zero-order valence-electron chi connectivity index (χ0n) is 10.5. The highest BCUT2D eigenvalue weighted by molar-refractivity contribution is 5.65. The third-order valence-electron chi connectivity index (χ3n) is 3.40. The van der Waals surface area contributed by atoms with Crippen molar-refractivity contribution in [3.8, 4) is 0 Å². The van der Waals surface area contributed by atoms with Crippen molar-refractivity contribution in [2.75, 3.05) is 7.11 Å². The van der Waals surface area contributed by atoms with Crippen LogP contribution < -0.4 is 5.32 Å². The van der Waals surface area contributed by atoms with Gasteiger partial charge in [-0.25, -0.2) is 4.79 Å². The van der Waals surface area contributed by atoms with E-state index >= 15 is 0 Å². The van der Waals surface area contributed by atoms with Crippen molar-refractivity contribution in [3.63, 3.8) is 0 Å². The van der Waals surface area contributed by atoms with Crippen molar-refractivity contribution in [1.82, 2.24) is 5.32 Å². The predicted octanol–water partition coefficient (Wildman–Crippen LogP) is 2.29. The van der Waals surface area contributed by atoms with Crippen molar-refractivity contribution in [1.29, 1.82) is 0 Å². The van der Waals surface area contributed by atoms with Crippen LogP contribution in [-0.4, -0.2) is 30.5 Å². The van der Waals surface area contributed by atoms with Crippen LogP contribution in [0.4, 0.5) is 4.79 Å². The topological polar surface area (TPSA) is 58.6 Å². The second-order valence-electron chi connectivity index (χ2n) is 4.78. The van der Waals surface area contributed by atoms with Gasteiger partial charge < -0.3 is 15.2 Å². The number of ether oxygens (including phenoxy) is 1. The quantitative estimate of drug-likeness (QED) is 0.813. The van der Waals surface area contributed by atoms with Gasteiger partial charge in [0.15, 0.2) is 0 Å². The first-order valence-corrected chi connectivity index (χ1v) is 6.27. The molecule has 2 rings (SSSR count). The number of nitrogens with one attached hydrogen (secondary N) is 1. The summed E-state index contributed by atoms with van der Waals surface area (Å²) in [5.74, 6) is 0.426. The Labute approximate surface area is 107 Å². The van der Waals surface area contributed by atoms with Gasteiger partial charge in [0.2, 0.25) is 0 Å². The summed E-state index contributed by atoms with van der Waals surface area (Å²) in [6.45, 7) is 0. The van der Waals surface area contributed by atoms with Crippen molar-refractivity contribution in [3.05, 3.63) is 35.9 Å². The first kappa shape index (κ1) is 12.9. The molecule has 4 heteroatoms. The van der Waals surface area contributed by atoms with E-state index in [0.717, 1.165) is 19.3 Å². The summed E-state index contributed by atoms with van der Waals surface area (Å²) in [5, 5.41) is 11.5. The number of hydrogen-bond donors (Lipinski definition) is 2. The molecule has 0 saturated heterocycles. The smallest absolute Gasteiger partial charge is 0.404 e. The van der Waals surface area contributed by atoms with Gasteiger partial charge in [0, 0.05) is 13.5 Å². The van der Waals surface area contributed by atoms with E-state index in [4.69, 9.17) is 9.84 Å². The lowest BCUT2D eigenvalue weighted by molar-refractivity contribution is 0.0606. The Morgan fingerprint density at radius 1 is 1.44 bits per heavy atom. The van der Waals surface area contributed by atoms with Gasteiger partial charge >= 0.3 is 6.09 Å². The van der Waals surface area contributed by atoms with Crippen LogP contribution in [0.1, 0.15) is 18.4 Å². The SMILES string of the molecule is CO[C@H](Cc1ccccc1)C(NC(=O)O)C1CC1. The molecule has 0 aromatic heterocycles. The normalized spacial score (nSPS) is 18.1. The molecule has 0 radical (unpaired) electrons. The van der Waals surface area contributed by atoms with Crippen LogP contribution >= 0.6 is 0 Å². The second kappa shape index (κ2) is 5.87. The first-order chi connectivity index (χ1) is 8.70. The van der Waals surface area contributed by atoms with Crippen LogP contribution in [0.2, 0.25) is 0 Å². The molecule has 0 heterocycles. The van der Waals surface area contributed by atoms with Gasteiger partial charge in [-0.15, -0.1) is 0 Å². The number of hydrogen-bond acceptors (Lipinski definition) is 2. The monoisotopic (exact) mass is 249 g/mol. The van der Waals surface area contributed by atoms with Crippen molar-refractivity contribution in [2.45, 2.75) is 31.4 Å². The van der Waals surface area contributed by atoms with E-state index in [2.05, 4.69) is 5.32 Å². The predicted molar refractivity (Wildman–Crippen MR) is 68.6 cm³/mol. The summed E-state index contributed by atoms with van der Waals surface area (Å²) in [4.78, 5) is 10.8. The van der Waals surface area contributed by atoms with Crippen LogP contribution in [0, 0.1) is 5.92 Å². The summed E-state index contributed by atoms with van der Waals surface area (Å²) >= 11 is 0. The van der Waals surface area contributed by atoms with Crippen LogP contribution in [0.3, 0.4) is 0 Å². The van der Waals surface area contributed by atoms with Crippen molar-refractivity contribution in [2.24, 2.45) is 5.92 Å². The molecule has 1 unspecified atom stereocenters. The highest BCUT2D eigenvalue weighted by Gasteiger charge is 2.37. The van der Waals surface area contributed by atoms with Gasteiger partial charge in [0.1, 0.15) is 0 Å². The Kier molecular flexibility index (Phi) is 4.20. The molecule has 1 saturated carbocycles. The van der Waals surface area contributed by atoms with Gasteiger partial charge in [0.05, 0.1) is 12.1 Å². The maximum Gasteiger partial charge on any atom is 0.404 e. The first-order valence-electron chi connectivity index (χ1n) is 6.27. The number of amides is 1. The maximum atomic E-state index is 10.8.